The van der Waals surface area contributed by atoms with Crippen molar-refractivity contribution in [2.45, 2.75) is 140 Å². The third-order valence-electron chi connectivity index (χ3n) is 12.6. The van der Waals surface area contributed by atoms with Crippen LogP contribution in [0.25, 0.3) is 0 Å². The lowest BCUT2D eigenvalue weighted by atomic mass is 9.60. The van der Waals surface area contributed by atoms with Crippen LogP contribution in [-0.2, 0) is 18.3 Å². The highest BCUT2D eigenvalue weighted by Crippen LogP contribution is 2.55. The zero-order chi connectivity index (χ0) is 34.8. The smallest absolute Gasteiger partial charge is 0.122 e. The molecule has 7 rings (SSSR count). The lowest BCUT2D eigenvalue weighted by Gasteiger charge is -2.44. The molecule has 0 spiro atoms. The van der Waals surface area contributed by atoms with Crippen LogP contribution in [0.1, 0.15) is 164 Å². The minimum Gasteiger partial charge on any atom is -0.508 e. The van der Waals surface area contributed by atoms with Crippen molar-refractivity contribution in [3.05, 3.63) is 116 Å². The van der Waals surface area contributed by atoms with Crippen LogP contribution in [0.5, 0.6) is 23.0 Å². The molecule has 4 aromatic rings. The molecule has 4 heteroatoms. The molecule has 4 nitrogen and oxygen atoms in total. The van der Waals surface area contributed by atoms with Crippen molar-refractivity contribution >= 4 is 0 Å². The summed E-state index contributed by atoms with van der Waals surface area (Å²) in [4.78, 5) is 0. The summed E-state index contributed by atoms with van der Waals surface area (Å²) in [6, 6.07) is 20.4. The highest BCUT2D eigenvalue weighted by Gasteiger charge is 2.43. The number of aryl methyl sites for hydroxylation is 2. The second-order valence-electron chi connectivity index (χ2n) is 16.0. The molecule has 3 fully saturated rings. The van der Waals surface area contributed by atoms with Crippen molar-refractivity contribution in [1.29, 1.82) is 0 Å². The van der Waals surface area contributed by atoms with Crippen molar-refractivity contribution in [3.8, 4) is 23.0 Å². The Balaban J connectivity index is 1.41. The fourth-order valence-electron chi connectivity index (χ4n) is 10.00. The number of phenolic OH excluding ortho intramolecular Hbond substituents is 4. The monoisotopic (exact) mass is 672 g/mol. The minimum absolute atomic E-state index is 0.272. The second-order valence-corrected chi connectivity index (χ2v) is 16.0. The Bertz CT molecular complexity index is 1690. The molecule has 4 N–H and O–H groups in total. The maximum Gasteiger partial charge on any atom is 0.122 e. The van der Waals surface area contributed by atoms with E-state index in [9.17, 15) is 20.4 Å². The van der Waals surface area contributed by atoms with Crippen molar-refractivity contribution < 1.29 is 20.4 Å². The summed E-state index contributed by atoms with van der Waals surface area (Å²) in [5.41, 5.74) is 10.1. The van der Waals surface area contributed by atoms with Gasteiger partial charge in [-0.25, -0.2) is 0 Å². The number of phenols is 4. The standard InChI is InChI=1S/C46H56O4/c1-30-16-22-40(47)36(26-30)28-34-18-20-38(42(44(34)49)32-12-6-3-7-13-32)46(24-10-5-11-25-46)39-21-19-35(29-37-27-31(2)17-23-41(37)48)45(50)43(39)33-14-8-4-9-15-33/h16-23,26-27,32-33,47-50H,3-15,24-25,28-29H2,1-2H3. The zero-order valence-electron chi connectivity index (χ0n) is 30.2. The van der Waals surface area contributed by atoms with Crippen LogP contribution in [0.4, 0.5) is 0 Å². The molecule has 3 aliphatic carbocycles. The summed E-state index contributed by atoms with van der Waals surface area (Å²) < 4.78 is 0. The van der Waals surface area contributed by atoms with Gasteiger partial charge in [0.15, 0.2) is 0 Å². The summed E-state index contributed by atoms with van der Waals surface area (Å²) in [7, 11) is 0. The van der Waals surface area contributed by atoms with Gasteiger partial charge >= 0.3 is 0 Å². The first-order valence-electron chi connectivity index (χ1n) is 19.5. The Morgan fingerprint density at radius 3 is 1.30 bits per heavy atom. The van der Waals surface area contributed by atoms with Crippen LogP contribution in [0, 0.1) is 13.8 Å². The van der Waals surface area contributed by atoms with Crippen molar-refractivity contribution in [3.63, 3.8) is 0 Å². The van der Waals surface area contributed by atoms with E-state index in [4.69, 9.17) is 0 Å². The SMILES string of the molecule is Cc1ccc(O)c(Cc2ccc(C3(c4ccc(Cc5cc(C)ccc5O)c(O)c4C4CCCCC4)CCCCC3)c(C3CCCCC3)c2O)c1. The maximum absolute atomic E-state index is 12.4. The van der Waals surface area contributed by atoms with E-state index in [0.717, 1.165) is 95.9 Å². The molecular formula is C46H56O4. The quantitative estimate of drug-likeness (QED) is 0.150. The van der Waals surface area contributed by atoms with Gasteiger partial charge in [-0.2, -0.15) is 0 Å². The summed E-state index contributed by atoms with van der Waals surface area (Å²) >= 11 is 0. The van der Waals surface area contributed by atoms with Crippen LogP contribution < -0.4 is 0 Å². The number of hydrogen-bond donors (Lipinski definition) is 4. The zero-order valence-corrected chi connectivity index (χ0v) is 30.2. The topological polar surface area (TPSA) is 80.9 Å². The normalized spacial score (nSPS) is 18.7. The highest BCUT2D eigenvalue weighted by molar-refractivity contribution is 5.60. The van der Waals surface area contributed by atoms with E-state index >= 15 is 0 Å². The first-order valence-corrected chi connectivity index (χ1v) is 19.5. The molecule has 0 atom stereocenters. The Kier molecular flexibility index (Phi) is 10.2. The van der Waals surface area contributed by atoms with E-state index < -0.39 is 0 Å². The second kappa shape index (κ2) is 14.7. The fraction of sp³-hybridized carbons (Fsp3) is 0.478. The Morgan fingerprint density at radius 1 is 0.480 bits per heavy atom. The minimum atomic E-state index is -0.305. The first-order chi connectivity index (χ1) is 24.2. The highest BCUT2D eigenvalue weighted by atomic mass is 16.3. The predicted molar refractivity (Wildman–Crippen MR) is 203 cm³/mol. The Hall–Kier alpha value is -3.92. The average molecular weight is 673 g/mol. The number of rotatable bonds is 8. The van der Waals surface area contributed by atoms with E-state index in [2.05, 4.69) is 24.3 Å². The van der Waals surface area contributed by atoms with Crippen LogP contribution in [0.3, 0.4) is 0 Å². The molecule has 0 radical (unpaired) electrons. The van der Waals surface area contributed by atoms with Crippen LogP contribution >= 0.6 is 0 Å². The third kappa shape index (κ3) is 6.75. The van der Waals surface area contributed by atoms with Gasteiger partial charge in [0.25, 0.3) is 0 Å². The molecule has 0 unspecified atom stereocenters. The Labute approximate surface area is 299 Å². The van der Waals surface area contributed by atoms with Gasteiger partial charge in [-0.3, -0.25) is 0 Å². The van der Waals surface area contributed by atoms with Gasteiger partial charge in [-0.15, -0.1) is 0 Å². The maximum atomic E-state index is 12.4. The molecule has 0 heterocycles. The van der Waals surface area contributed by atoms with Crippen LogP contribution in [0.15, 0.2) is 60.7 Å². The first kappa shape index (κ1) is 34.5. The summed E-state index contributed by atoms with van der Waals surface area (Å²) in [5.74, 6) is 1.95. The molecular weight excluding hydrogens is 617 g/mol. The number of hydrogen-bond acceptors (Lipinski definition) is 4. The van der Waals surface area contributed by atoms with Gasteiger partial charge < -0.3 is 20.4 Å². The molecule has 3 saturated carbocycles. The summed E-state index contributed by atoms with van der Waals surface area (Å²) in [6.45, 7) is 4.08. The van der Waals surface area contributed by atoms with E-state index in [1.165, 1.54) is 56.1 Å². The van der Waals surface area contributed by atoms with E-state index in [-0.39, 0.29) is 16.9 Å². The fourth-order valence-corrected chi connectivity index (χ4v) is 10.00. The molecule has 264 valence electrons. The van der Waals surface area contributed by atoms with Crippen LogP contribution in [0.2, 0.25) is 0 Å². The molecule has 0 bridgehead atoms. The lowest BCUT2D eigenvalue weighted by Crippen LogP contribution is -2.34. The molecule has 50 heavy (non-hydrogen) atoms. The van der Waals surface area contributed by atoms with Gasteiger partial charge in [0.1, 0.15) is 23.0 Å². The van der Waals surface area contributed by atoms with Crippen molar-refractivity contribution in [2.75, 3.05) is 0 Å². The summed E-state index contributed by atoms with van der Waals surface area (Å²) in [6.07, 6.45) is 17.9. The molecule has 0 aliphatic heterocycles. The van der Waals surface area contributed by atoms with Crippen molar-refractivity contribution in [2.24, 2.45) is 0 Å². The predicted octanol–water partition coefficient (Wildman–Crippen LogP) is 11.7. The average Bonchev–Trinajstić information content (AvgIpc) is 3.13. The van der Waals surface area contributed by atoms with Gasteiger partial charge in [0, 0.05) is 29.4 Å². The van der Waals surface area contributed by atoms with Gasteiger partial charge in [-0.05, 0) is 110 Å². The molecule has 0 aromatic heterocycles. The molecule has 4 aromatic carbocycles. The van der Waals surface area contributed by atoms with Crippen LogP contribution in [-0.4, -0.2) is 20.4 Å². The molecule has 0 saturated heterocycles. The largest absolute Gasteiger partial charge is 0.508 e. The van der Waals surface area contributed by atoms with E-state index in [1.54, 1.807) is 12.1 Å². The van der Waals surface area contributed by atoms with E-state index in [1.807, 2.05) is 38.1 Å². The van der Waals surface area contributed by atoms with Crippen molar-refractivity contribution in [1.82, 2.24) is 0 Å². The third-order valence-corrected chi connectivity index (χ3v) is 12.6. The lowest BCUT2D eigenvalue weighted by molar-refractivity contribution is 0.324. The number of aromatic hydroxyl groups is 4. The van der Waals surface area contributed by atoms with Gasteiger partial charge in [-0.1, -0.05) is 117 Å². The molecule has 3 aliphatic rings. The van der Waals surface area contributed by atoms with E-state index in [0.29, 0.717) is 36.2 Å². The van der Waals surface area contributed by atoms with Gasteiger partial charge in [0.2, 0.25) is 0 Å². The summed E-state index contributed by atoms with van der Waals surface area (Å²) in [5, 5.41) is 46.3. The Morgan fingerprint density at radius 2 is 0.880 bits per heavy atom. The molecule has 0 amide bonds. The van der Waals surface area contributed by atoms with Gasteiger partial charge in [0.05, 0.1) is 0 Å². The number of benzene rings is 4.